The Labute approximate surface area is 128 Å². The molecule has 2 aromatic carbocycles. The third-order valence-electron chi connectivity index (χ3n) is 3.75. The lowest BCUT2D eigenvalue weighted by Gasteiger charge is -2.15. The minimum atomic E-state index is -2.51. The second-order valence-electron chi connectivity index (χ2n) is 5.35. The zero-order valence-electron chi connectivity index (χ0n) is 11.9. The van der Waals surface area contributed by atoms with Crippen molar-refractivity contribution in [1.82, 2.24) is 0 Å². The van der Waals surface area contributed by atoms with Crippen LogP contribution in [-0.2, 0) is 0 Å². The third-order valence-corrected chi connectivity index (χ3v) is 3.75. The second kappa shape index (κ2) is 6.15. The summed E-state index contributed by atoms with van der Waals surface area (Å²) in [7, 11) is 0. The van der Waals surface area contributed by atoms with Crippen LogP contribution in [0.3, 0.4) is 0 Å². The van der Waals surface area contributed by atoms with Crippen molar-refractivity contribution in [2.75, 3.05) is 6.61 Å². The first kappa shape index (κ1) is 14.5. The van der Waals surface area contributed by atoms with Gasteiger partial charge in [0.25, 0.3) is 6.43 Å². The van der Waals surface area contributed by atoms with Crippen molar-refractivity contribution in [2.24, 2.45) is 0 Å². The Kier molecular flexibility index (Phi) is 4.06. The maximum absolute atomic E-state index is 12.4. The standard InChI is InChI=1S/C18H15F2NO/c19-17(20)11-22-16-7-2-1-5-14(16)15-6-3-4-13(10-21)18(15)12-8-9-12/h1-7,12,17H,8-9,11H2. The van der Waals surface area contributed by atoms with Gasteiger partial charge in [-0.2, -0.15) is 5.26 Å². The molecule has 0 atom stereocenters. The largest absolute Gasteiger partial charge is 0.487 e. The molecule has 1 aliphatic carbocycles. The first-order valence-corrected chi connectivity index (χ1v) is 7.24. The maximum Gasteiger partial charge on any atom is 0.272 e. The SMILES string of the molecule is N#Cc1cccc(-c2ccccc2OCC(F)F)c1C1CC1. The summed E-state index contributed by atoms with van der Waals surface area (Å²) in [6.45, 7) is -0.631. The van der Waals surface area contributed by atoms with E-state index in [4.69, 9.17) is 4.74 Å². The summed E-state index contributed by atoms with van der Waals surface area (Å²) in [4.78, 5) is 0. The maximum atomic E-state index is 12.4. The van der Waals surface area contributed by atoms with E-state index in [0.717, 1.165) is 29.5 Å². The van der Waals surface area contributed by atoms with Crippen LogP contribution < -0.4 is 4.74 Å². The van der Waals surface area contributed by atoms with Crippen LogP contribution in [0.5, 0.6) is 5.75 Å². The van der Waals surface area contributed by atoms with E-state index < -0.39 is 13.0 Å². The fourth-order valence-corrected chi connectivity index (χ4v) is 2.68. The van der Waals surface area contributed by atoms with E-state index in [0.29, 0.717) is 17.2 Å². The van der Waals surface area contributed by atoms with Crippen molar-refractivity contribution in [3.8, 4) is 22.9 Å². The highest BCUT2D eigenvalue weighted by Crippen LogP contribution is 2.47. The highest BCUT2D eigenvalue weighted by atomic mass is 19.3. The molecule has 0 heterocycles. The summed E-state index contributed by atoms with van der Waals surface area (Å²) in [6.07, 6.45) is -0.390. The molecule has 1 fully saturated rings. The lowest BCUT2D eigenvalue weighted by molar-refractivity contribution is 0.0822. The highest BCUT2D eigenvalue weighted by Gasteiger charge is 2.29. The molecule has 2 nitrogen and oxygen atoms in total. The van der Waals surface area contributed by atoms with Crippen molar-refractivity contribution in [2.45, 2.75) is 25.2 Å². The quantitative estimate of drug-likeness (QED) is 0.798. The number of hydrogen-bond donors (Lipinski definition) is 0. The number of para-hydroxylation sites is 1. The van der Waals surface area contributed by atoms with Crippen LogP contribution in [-0.4, -0.2) is 13.0 Å². The van der Waals surface area contributed by atoms with Gasteiger partial charge in [0.1, 0.15) is 12.4 Å². The molecule has 0 bridgehead atoms. The topological polar surface area (TPSA) is 33.0 Å². The number of benzene rings is 2. The van der Waals surface area contributed by atoms with Crippen LogP contribution in [0.4, 0.5) is 8.78 Å². The molecule has 112 valence electrons. The van der Waals surface area contributed by atoms with Gasteiger partial charge in [-0.25, -0.2) is 8.78 Å². The van der Waals surface area contributed by atoms with E-state index in [-0.39, 0.29) is 0 Å². The van der Waals surface area contributed by atoms with E-state index in [9.17, 15) is 14.0 Å². The van der Waals surface area contributed by atoms with E-state index in [1.807, 2.05) is 24.3 Å². The zero-order chi connectivity index (χ0) is 15.5. The molecule has 1 saturated carbocycles. The first-order valence-electron chi connectivity index (χ1n) is 7.24. The van der Waals surface area contributed by atoms with Crippen molar-refractivity contribution in [3.63, 3.8) is 0 Å². The average molecular weight is 299 g/mol. The third kappa shape index (κ3) is 2.94. The second-order valence-corrected chi connectivity index (χ2v) is 5.35. The number of alkyl halides is 2. The fraction of sp³-hybridized carbons (Fsp3) is 0.278. The molecule has 0 amide bonds. The summed E-state index contributed by atoms with van der Waals surface area (Å²) in [5.74, 6) is 0.814. The number of nitrogens with zero attached hydrogens (tertiary/aromatic N) is 1. The molecule has 0 spiro atoms. The van der Waals surface area contributed by atoms with Gasteiger partial charge in [-0.05, 0) is 42.0 Å². The molecule has 0 N–H and O–H groups in total. The molecule has 0 saturated heterocycles. The van der Waals surface area contributed by atoms with E-state index in [2.05, 4.69) is 6.07 Å². The average Bonchev–Trinajstić information content (AvgIpc) is 3.37. The van der Waals surface area contributed by atoms with E-state index >= 15 is 0 Å². The molecule has 0 aliphatic heterocycles. The monoisotopic (exact) mass is 299 g/mol. The molecular weight excluding hydrogens is 284 g/mol. The Morgan fingerprint density at radius 2 is 1.82 bits per heavy atom. The van der Waals surface area contributed by atoms with Crippen molar-refractivity contribution in [1.29, 1.82) is 5.26 Å². The Balaban J connectivity index is 2.07. The summed E-state index contributed by atoms with van der Waals surface area (Å²) in [5.41, 5.74) is 3.34. The summed E-state index contributed by atoms with van der Waals surface area (Å²) >= 11 is 0. The zero-order valence-corrected chi connectivity index (χ0v) is 11.9. The molecule has 2 aromatic rings. The highest BCUT2D eigenvalue weighted by molar-refractivity contribution is 5.76. The Morgan fingerprint density at radius 3 is 2.50 bits per heavy atom. The predicted octanol–water partition coefficient (Wildman–Crippen LogP) is 4.75. The molecule has 4 heteroatoms. The van der Waals surface area contributed by atoms with Crippen LogP contribution in [0.2, 0.25) is 0 Å². The number of rotatable bonds is 5. The molecule has 0 unspecified atom stereocenters. The lowest BCUT2D eigenvalue weighted by Crippen LogP contribution is -2.07. The van der Waals surface area contributed by atoms with Gasteiger partial charge in [0.15, 0.2) is 0 Å². The summed E-state index contributed by atoms with van der Waals surface area (Å²) in [6, 6.07) is 14.9. The number of halogens is 2. The Hall–Kier alpha value is -2.41. The van der Waals surface area contributed by atoms with Gasteiger partial charge in [-0.1, -0.05) is 30.3 Å². The summed E-state index contributed by atoms with van der Waals surface area (Å²) < 4.78 is 30.1. The van der Waals surface area contributed by atoms with Crippen LogP contribution in [0, 0.1) is 11.3 Å². The number of hydrogen-bond acceptors (Lipinski definition) is 2. The molecule has 1 aliphatic rings. The molecule has 0 aromatic heterocycles. The van der Waals surface area contributed by atoms with Crippen molar-refractivity contribution >= 4 is 0 Å². The van der Waals surface area contributed by atoms with Gasteiger partial charge >= 0.3 is 0 Å². The van der Waals surface area contributed by atoms with Crippen molar-refractivity contribution < 1.29 is 13.5 Å². The van der Waals surface area contributed by atoms with Gasteiger partial charge in [0.2, 0.25) is 0 Å². The molecular formula is C18H15F2NO. The smallest absolute Gasteiger partial charge is 0.272 e. The minimum Gasteiger partial charge on any atom is -0.487 e. The predicted molar refractivity (Wildman–Crippen MR) is 80.1 cm³/mol. The van der Waals surface area contributed by atoms with Gasteiger partial charge in [-0.3, -0.25) is 0 Å². The van der Waals surface area contributed by atoms with Crippen LogP contribution in [0.1, 0.15) is 29.9 Å². The summed E-state index contributed by atoms with van der Waals surface area (Å²) in [5, 5.41) is 9.33. The van der Waals surface area contributed by atoms with Crippen LogP contribution in [0.25, 0.3) is 11.1 Å². The molecule has 0 radical (unpaired) electrons. The molecule has 3 rings (SSSR count). The molecule has 22 heavy (non-hydrogen) atoms. The fourth-order valence-electron chi connectivity index (χ4n) is 2.68. The normalized spacial score (nSPS) is 13.9. The first-order chi connectivity index (χ1) is 10.7. The number of nitriles is 1. The minimum absolute atomic E-state index is 0.383. The van der Waals surface area contributed by atoms with E-state index in [1.165, 1.54) is 0 Å². The van der Waals surface area contributed by atoms with Gasteiger partial charge < -0.3 is 4.74 Å². The lowest BCUT2D eigenvalue weighted by atomic mass is 9.92. The van der Waals surface area contributed by atoms with Gasteiger partial charge in [0.05, 0.1) is 11.6 Å². The van der Waals surface area contributed by atoms with Crippen LogP contribution in [0.15, 0.2) is 42.5 Å². The Morgan fingerprint density at radius 1 is 1.09 bits per heavy atom. The van der Waals surface area contributed by atoms with Gasteiger partial charge in [-0.15, -0.1) is 0 Å². The van der Waals surface area contributed by atoms with Gasteiger partial charge in [0, 0.05) is 5.56 Å². The van der Waals surface area contributed by atoms with Crippen LogP contribution >= 0.6 is 0 Å². The van der Waals surface area contributed by atoms with Crippen molar-refractivity contribution in [3.05, 3.63) is 53.6 Å². The van der Waals surface area contributed by atoms with E-state index in [1.54, 1.807) is 18.2 Å². The Bertz CT molecular complexity index is 717. The number of ether oxygens (including phenoxy) is 1.